The molecule has 2 aliphatic rings. The maximum Gasteiger partial charge on any atom is 0.290 e. The van der Waals surface area contributed by atoms with Crippen LogP contribution in [0.2, 0.25) is 0 Å². The van der Waals surface area contributed by atoms with Gasteiger partial charge in [-0.25, -0.2) is 0 Å². The number of aliphatic hydroxyl groups is 2. The van der Waals surface area contributed by atoms with Gasteiger partial charge in [0.2, 0.25) is 5.76 Å². The number of nitrogens with one attached hydrogen (secondary N) is 1. The van der Waals surface area contributed by atoms with Crippen molar-refractivity contribution in [1.29, 1.82) is 0 Å². The van der Waals surface area contributed by atoms with Gasteiger partial charge >= 0.3 is 0 Å². The van der Waals surface area contributed by atoms with Crippen molar-refractivity contribution < 1.29 is 19.5 Å². The molecule has 3 atom stereocenters. The van der Waals surface area contributed by atoms with Crippen LogP contribution in [-0.2, 0) is 0 Å². The summed E-state index contributed by atoms with van der Waals surface area (Å²) >= 11 is 0. The van der Waals surface area contributed by atoms with E-state index in [1.165, 1.54) is 19.3 Å². The van der Waals surface area contributed by atoms with Gasteiger partial charge in [-0.3, -0.25) is 4.79 Å². The monoisotopic (exact) mass is 294 g/mol. The summed E-state index contributed by atoms with van der Waals surface area (Å²) in [4.78, 5) is 12.1. The zero-order valence-electron chi connectivity index (χ0n) is 12.0. The maximum atomic E-state index is 12.1. The van der Waals surface area contributed by atoms with Gasteiger partial charge in [-0.15, -0.1) is 0 Å². The number of carbonyl (C=O) groups is 1. The molecule has 3 N–H and O–H groups in total. The lowest BCUT2D eigenvalue weighted by molar-refractivity contribution is 0.0293. The third-order valence-corrected chi connectivity index (χ3v) is 4.67. The maximum absolute atomic E-state index is 12.1. The van der Waals surface area contributed by atoms with Gasteiger partial charge in [0.25, 0.3) is 5.91 Å². The van der Waals surface area contributed by atoms with Crippen LogP contribution in [0.5, 0.6) is 0 Å². The molecule has 21 heavy (non-hydrogen) atoms. The van der Waals surface area contributed by atoms with E-state index in [-0.39, 0.29) is 11.7 Å². The number of hydrogen-bond donors (Lipinski definition) is 3. The molecule has 1 heterocycles. The summed E-state index contributed by atoms with van der Waals surface area (Å²) < 4.78 is 5.15. The van der Waals surface area contributed by atoms with Crippen molar-refractivity contribution in [3.05, 3.63) is 17.5 Å². The first kappa shape index (κ1) is 14.5. The van der Waals surface area contributed by atoms with Crippen molar-refractivity contribution in [2.24, 2.45) is 0 Å². The smallest absolute Gasteiger partial charge is 0.290 e. The Labute approximate surface area is 123 Å². The molecule has 6 nitrogen and oxygen atoms in total. The predicted molar refractivity (Wildman–Crippen MR) is 74.8 cm³/mol. The van der Waals surface area contributed by atoms with Crippen molar-refractivity contribution in [1.82, 2.24) is 10.5 Å². The Kier molecular flexibility index (Phi) is 4.26. The van der Waals surface area contributed by atoms with Crippen molar-refractivity contribution in [2.75, 3.05) is 0 Å². The summed E-state index contributed by atoms with van der Waals surface area (Å²) in [5.74, 6) is 0.204. The van der Waals surface area contributed by atoms with E-state index in [0.29, 0.717) is 18.8 Å². The van der Waals surface area contributed by atoms with Crippen molar-refractivity contribution >= 4 is 5.91 Å². The quantitative estimate of drug-likeness (QED) is 0.782. The molecule has 0 saturated heterocycles. The molecule has 2 aliphatic carbocycles. The van der Waals surface area contributed by atoms with Gasteiger partial charge in [0.05, 0.1) is 17.8 Å². The summed E-state index contributed by atoms with van der Waals surface area (Å²) in [6, 6.07) is 1.29. The van der Waals surface area contributed by atoms with E-state index in [1.54, 1.807) is 6.07 Å². The lowest BCUT2D eigenvalue weighted by Gasteiger charge is -2.18. The Morgan fingerprint density at radius 1 is 1.19 bits per heavy atom. The van der Waals surface area contributed by atoms with Crippen LogP contribution < -0.4 is 5.32 Å². The number of rotatable bonds is 3. The van der Waals surface area contributed by atoms with E-state index in [2.05, 4.69) is 10.5 Å². The highest BCUT2D eigenvalue weighted by molar-refractivity contribution is 5.91. The molecule has 1 aromatic rings. The molecule has 0 aromatic carbocycles. The Bertz CT molecular complexity index is 496. The second-order valence-electron chi connectivity index (χ2n) is 6.17. The number of hydrogen-bond acceptors (Lipinski definition) is 5. The minimum absolute atomic E-state index is 0.184. The zero-order valence-corrected chi connectivity index (χ0v) is 12.0. The van der Waals surface area contributed by atoms with Crippen LogP contribution in [0.25, 0.3) is 0 Å². The van der Waals surface area contributed by atoms with E-state index >= 15 is 0 Å². The summed E-state index contributed by atoms with van der Waals surface area (Å²) in [6.07, 6.45) is 5.26. The molecule has 1 amide bonds. The fourth-order valence-corrected chi connectivity index (χ4v) is 3.34. The highest BCUT2D eigenvalue weighted by Crippen LogP contribution is 2.32. The molecule has 6 heteroatoms. The number of carbonyl (C=O) groups excluding carboxylic acids is 1. The Balaban J connectivity index is 1.61. The van der Waals surface area contributed by atoms with Gasteiger partial charge in [-0.05, 0) is 25.7 Å². The Hall–Kier alpha value is -1.40. The summed E-state index contributed by atoms with van der Waals surface area (Å²) in [5.41, 5.74) is 0.854. The fraction of sp³-hybridized carbons (Fsp3) is 0.733. The topological polar surface area (TPSA) is 95.6 Å². The van der Waals surface area contributed by atoms with Crippen LogP contribution in [0.3, 0.4) is 0 Å². The normalized spacial score (nSPS) is 30.5. The van der Waals surface area contributed by atoms with Gasteiger partial charge in [0, 0.05) is 12.0 Å². The third-order valence-electron chi connectivity index (χ3n) is 4.67. The van der Waals surface area contributed by atoms with E-state index in [1.807, 2.05) is 0 Å². The number of nitrogens with zero attached hydrogens (tertiary/aromatic N) is 1. The second-order valence-corrected chi connectivity index (χ2v) is 6.17. The zero-order chi connectivity index (χ0) is 14.8. The molecule has 1 aromatic heterocycles. The molecule has 0 radical (unpaired) electrons. The standard InChI is InChI=1S/C15H22N2O4/c18-12-7-6-10(14(12)19)16-15(20)13-8-11(17-21-13)9-4-2-1-3-5-9/h8-10,12,14,18-19H,1-7H2,(H,16,20)/t10-,12-,14-/m1/s1. The third kappa shape index (κ3) is 3.11. The van der Waals surface area contributed by atoms with E-state index in [0.717, 1.165) is 18.5 Å². The van der Waals surface area contributed by atoms with Crippen LogP contribution in [0.15, 0.2) is 10.6 Å². The molecule has 0 spiro atoms. The first-order valence-electron chi connectivity index (χ1n) is 7.79. The second kappa shape index (κ2) is 6.15. The molecule has 0 aliphatic heterocycles. The number of amides is 1. The van der Waals surface area contributed by atoms with Gasteiger partial charge in [-0.1, -0.05) is 24.4 Å². The van der Waals surface area contributed by atoms with Crippen LogP contribution in [0.4, 0.5) is 0 Å². The van der Waals surface area contributed by atoms with Gasteiger partial charge in [-0.2, -0.15) is 0 Å². The predicted octanol–water partition coefficient (Wildman–Crippen LogP) is 1.34. The highest BCUT2D eigenvalue weighted by Gasteiger charge is 2.35. The van der Waals surface area contributed by atoms with E-state index in [9.17, 15) is 15.0 Å². The molecule has 116 valence electrons. The number of aliphatic hydroxyl groups excluding tert-OH is 2. The molecule has 0 unspecified atom stereocenters. The summed E-state index contributed by atoms with van der Waals surface area (Å²) in [5, 5.41) is 26.0. The van der Waals surface area contributed by atoms with Crippen molar-refractivity contribution in [3.8, 4) is 0 Å². The summed E-state index contributed by atoms with van der Waals surface area (Å²) in [6.45, 7) is 0. The van der Waals surface area contributed by atoms with E-state index < -0.39 is 18.2 Å². The minimum Gasteiger partial charge on any atom is -0.390 e. The van der Waals surface area contributed by atoms with Crippen LogP contribution in [-0.4, -0.2) is 39.5 Å². The molecule has 2 fully saturated rings. The molecule has 0 bridgehead atoms. The average molecular weight is 294 g/mol. The first-order chi connectivity index (χ1) is 10.1. The van der Waals surface area contributed by atoms with Crippen molar-refractivity contribution in [3.63, 3.8) is 0 Å². The lowest BCUT2D eigenvalue weighted by Crippen LogP contribution is -2.42. The average Bonchev–Trinajstić information content (AvgIpc) is 3.11. The summed E-state index contributed by atoms with van der Waals surface area (Å²) in [7, 11) is 0. The van der Waals surface area contributed by atoms with Gasteiger partial charge in [0.1, 0.15) is 6.10 Å². The van der Waals surface area contributed by atoms with Gasteiger partial charge < -0.3 is 20.1 Å². The van der Waals surface area contributed by atoms with Crippen LogP contribution >= 0.6 is 0 Å². The number of aromatic nitrogens is 1. The SMILES string of the molecule is O=C(N[C@@H]1CC[C@@H](O)[C@@H]1O)c1cc(C2CCCCC2)no1. The van der Waals surface area contributed by atoms with E-state index in [4.69, 9.17) is 4.52 Å². The molecular weight excluding hydrogens is 272 g/mol. The largest absolute Gasteiger partial charge is 0.390 e. The minimum atomic E-state index is -0.908. The van der Waals surface area contributed by atoms with Crippen molar-refractivity contribution in [2.45, 2.75) is 69.1 Å². The van der Waals surface area contributed by atoms with Crippen LogP contribution in [0.1, 0.15) is 67.1 Å². The highest BCUT2D eigenvalue weighted by atomic mass is 16.5. The lowest BCUT2D eigenvalue weighted by atomic mass is 9.87. The molecular formula is C15H22N2O4. The molecule has 2 saturated carbocycles. The van der Waals surface area contributed by atoms with Gasteiger partial charge in [0.15, 0.2) is 0 Å². The fourth-order valence-electron chi connectivity index (χ4n) is 3.34. The Morgan fingerprint density at radius 2 is 1.95 bits per heavy atom. The Morgan fingerprint density at radius 3 is 2.62 bits per heavy atom. The van der Waals surface area contributed by atoms with Crippen LogP contribution in [0, 0.1) is 0 Å². The molecule has 3 rings (SSSR count). The first-order valence-corrected chi connectivity index (χ1v) is 7.79.